The molecule has 1 saturated heterocycles. The fourth-order valence-corrected chi connectivity index (χ4v) is 6.32. The predicted octanol–water partition coefficient (Wildman–Crippen LogP) is 3.91. The summed E-state index contributed by atoms with van der Waals surface area (Å²) in [6, 6.07) is 10.7. The Bertz CT molecular complexity index is 1210. The highest BCUT2D eigenvalue weighted by atomic mass is 19.1. The van der Waals surface area contributed by atoms with E-state index >= 15 is 0 Å². The Hall–Kier alpha value is -2.77. The lowest BCUT2D eigenvalue weighted by Crippen LogP contribution is -2.55. The summed E-state index contributed by atoms with van der Waals surface area (Å²) in [5, 5.41) is 11.5. The lowest BCUT2D eigenvalue weighted by molar-refractivity contribution is -0.140. The number of halogens is 1. The Kier molecular flexibility index (Phi) is 5.41. The topological polar surface area (TPSA) is 72.5 Å². The van der Waals surface area contributed by atoms with Crippen molar-refractivity contribution in [2.75, 3.05) is 26.2 Å². The van der Waals surface area contributed by atoms with Crippen molar-refractivity contribution < 1.29 is 14.3 Å². The molecule has 1 amide bonds. The number of benzene rings is 1. The number of nitrogens with zero attached hydrogens (tertiary/aromatic N) is 3. The first-order valence-electron chi connectivity index (χ1n) is 12.4. The molecule has 4 heterocycles. The highest BCUT2D eigenvalue weighted by Gasteiger charge is 2.48. The maximum atomic E-state index is 14.6. The molecule has 1 saturated carbocycles. The van der Waals surface area contributed by atoms with Crippen molar-refractivity contribution in [1.82, 2.24) is 19.8 Å². The highest BCUT2D eigenvalue weighted by molar-refractivity contribution is 5.84. The van der Waals surface area contributed by atoms with Gasteiger partial charge < -0.3 is 15.0 Å². The Morgan fingerprint density at radius 1 is 1.18 bits per heavy atom. The number of pyridine rings is 1. The second-order valence-electron chi connectivity index (χ2n) is 10.2. The monoisotopic (exact) mass is 462 g/mol. The number of hydrogen-bond donors (Lipinski definition) is 2. The Morgan fingerprint density at radius 2 is 1.97 bits per heavy atom. The van der Waals surface area contributed by atoms with E-state index in [0.29, 0.717) is 24.6 Å². The average Bonchev–Trinajstić information content (AvgIpc) is 3.20. The summed E-state index contributed by atoms with van der Waals surface area (Å²) in [5.74, 6) is 0.303. The van der Waals surface area contributed by atoms with E-state index in [-0.39, 0.29) is 29.8 Å². The van der Waals surface area contributed by atoms with Gasteiger partial charge >= 0.3 is 0 Å². The molecule has 7 heteroatoms. The van der Waals surface area contributed by atoms with Crippen molar-refractivity contribution in [3.8, 4) is 0 Å². The average molecular weight is 463 g/mol. The summed E-state index contributed by atoms with van der Waals surface area (Å²) >= 11 is 0. The first kappa shape index (κ1) is 21.7. The summed E-state index contributed by atoms with van der Waals surface area (Å²) in [7, 11) is 0. The number of carbonyl (C=O) groups is 1. The van der Waals surface area contributed by atoms with Gasteiger partial charge in [-0.25, -0.2) is 9.37 Å². The highest BCUT2D eigenvalue weighted by Crippen LogP contribution is 2.49. The number of aromatic amines is 1. The number of nitrogens with one attached hydrogen (secondary N) is 1. The molecule has 2 aromatic heterocycles. The molecule has 1 unspecified atom stereocenters. The van der Waals surface area contributed by atoms with E-state index in [0.717, 1.165) is 61.9 Å². The maximum absolute atomic E-state index is 14.6. The fourth-order valence-electron chi connectivity index (χ4n) is 6.32. The van der Waals surface area contributed by atoms with Gasteiger partial charge in [0.1, 0.15) is 11.5 Å². The number of likely N-dealkylation sites (tertiary alicyclic amines) is 1. The molecule has 2 N–H and O–H groups in total. The van der Waals surface area contributed by atoms with E-state index < -0.39 is 0 Å². The van der Waals surface area contributed by atoms with Gasteiger partial charge in [0.2, 0.25) is 5.91 Å². The molecule has 1 aliphatic carbocycles. The minimum Gasteiger partial charge on any atom is -0.394 e. The number of aromatic nitrogens is 2. The zero-order valence-electron chi connectivity index (χ0n) is 19.3. The second kappa shape index (κ2) is 8.47. The van der Waals surface area contributed by atoms with Crippen LogP contribution in [0.1, 0.15) is 55.0 Å². The van der Waals surface area contributed by atoms with Gasteiger partial charge in [-0.1, -0.05) is 24.6 Å². The molecule has 6 rings (SSSR count). The molecule has 178 valence electrons. The molecule has 1 atom stereocenters. The SMILES string of the molecule is O=C(C1CCC1)N1CCC2(CC1)CN(Cc1ccccc1F)C(CO)c1[nH]c3ncccc3c12. The van der Waals surface area contributed by atoms with Crippen LogP contribution in [-0.2, 0) is 16.8 Å². The number of rotatable bonds is 4. The molecule has 0 bridgehead atoms. The van der Waals surface area contributed by atoms with Crippen LogP contribution in [0.25, 0.3) is 11.0 Å². The maximum Gasteiger partial charge on any atom is 0.225 e. The van der Waals surface area contributed by atoms with Crippen molar-refractivity contribution in [2.24, 2.45) is 5.92 Å². The number of aliphatic hydroxyl groups is 1. The number of piperidine rings is 1. The van der Waals surface area contributed by atoms with Crippen LogP contribution in [-0.4, -0.2) is 57.0 Å². The molecule has 2 aliphatic heterocycles. The molecule has 2 fully saturated rings. The van der Waals surface area contributed by atoms with Crippen molar-refractivity contribution in [1.29, 1.82) is 0 Å². The quantitative estimate of drug-likeness (QED) is 0.617. The van der Waals surface area contributed by atoms with E-state index in [4.69, 9.17) is 0 Å². The lowest BCUT2D eigenvalue weighted by atomic mass is 9.68. The molecule has 3 aliphatic rings. The van der Waals surface area contributed by atoms with E-state index in [1.807, 2.05) is 18.2 Å². The second-order valence-corrected chi connectivity index (χ2v) is 10.2. The smallest absolute Gasteiger partial charge is 0.225 e. The third kappa shape index (κ3) is 3.45. The van der Waals surface area contributed by atoms with Crippen LogP contribution >= 0.6 is 0 Å². The van der Waals surface area contributed by atoms with Gasteiger partial charge in [0.25, 0.3) is 0 Å². The Balaban J connectivity index is 1.38. The molecule has 3 aromatic rings. The van der Waals surface area contributed by atoms with Gasteiger partial charge in [0.15, 0.2) is 0 Å². The Labute approximate surface area is 198 Å². The summed E-state index contributed by atoms with van der Waals surface area (Å²) in [6.45, 7) is 2.55. The van der Waals surface area contributed by atoms with Crippen LogP contribution in [0.5, 0.6) is 0 Å². The minimum atomic E-state index is -0.260. The molecule has 6 nitrogen and oxygen atoms in total. The first-order valence-corrected chi connectivity index (χ1v) is 12.4. The number of amides is 1. The predicted molar refractivity (Wildman–Crippen MR) is 128 cm³/mol. The van der Waals surface area contributed by atoms with Crippen molar-refractivity contribution in [3.05, 3.63) is 65.2 Å². The third-order valence-electron chi connectivity index (χ3n) is 8.40. The zero-order valence-corrected chi connectivity index (χ0v) is 19.3. The normalized spacial score (nSPS) is 22.6. The lowest BCUT2D eigenvalue weighted by Gasteiger charge is -2.50. The fraction of sp³-hybridized carbons (Fsp3) is 0.481. The van der Waals surface area contributed by atoms with Gasteiger partial charge in [-0.05, 0) is 49.4 Å². The van der Waals surface area contributed by atoms with E-state index in [9.17, 15) is 14.3 Å². The van der Waals surface area contributed by atoms with Crippen LogP contribution < -0.4 is 0 Å². The summed E-state index contributed by atoms with van der Waals surface area (Å²) in [5.41, 5.74) is 3.49. The van der Waals surface area contributed by atoms with Gasteiger partial charge in [0.05, 0.1) is 12.6 Å². The zero-order chi connectivity index (χ0) is 23.3. The molecular formula is C27H31FN4O2. The van der Waals surface area contributed by atoms with Crippen molar-refractivity contribution in [3.63, 3.8) is 0 Å². The molecule has 34 heavy (non-hydrogen) atoms. The van der Waals surface area contributed by atoms with E-state index in [2.05, 4.69) is 25.8 Å². The van der Waals surface area contributed by atoms with Crippen LogP contribution in [0.2, 0.25) is 0 Å². The number of fused-ring (bicyclic) bond motifs is 4. The van der Waals surface area contributed by atoms with Gasteiger partial charge in [0, 0.05) is 60.4 Å². The first-order chi connectivity index (χ1) is 16.6. The third-order valence-corrected chi connectivity index (χ3v) is 8.40. The Morgan fingerprint density at radius 3 is 2.68 bits per heavy atom. The van der Waals surface area contributed by atoms with Crippen molar-refractivity contribution >= 4 is 16.9 Å². The molecule has 0 radical (unpaired) electrons. The number of aliphatic hydroxyl groups excluding tert-OH is 1. The van der Waals surface area contributed by atoms with Crippen LogP contribution in [0.4, 0.5) is 4.39 Å². The van der Waals surface area contributed by atoms with Crippen LogP contribution in [0.3, 0.4) is 0 Å². The summed E-state index contributed by atoms with van der Waals surface area (Å²) in [6.07, 6.45) is 6.69. The standard InChI is InChI=1S/C27H31FN4O2/c28-21-9-2-1-5-19(21)15-32-17-27(10-13-31(14-11-27)26(34)18-6-3-7-18)23-20-8-4-12-29-25(20)30-24(23)22(32)16-33/h1-2,4-5,8-9,12,18,22,33H,3,6-7,10-11,13-17H2,(H,29,30). The summed E-state index contributed by atoms with van der Waals surface area (Å²) in [4.78, 5) is 25.3. The van der Waals surface area contributed by atoms with E-state index in [1.54, 1.807) is 12.3 Å². The number of carbonyl (C=O) groups excluding carboxylic acids is 1. The number of H-pyrrole nitrogens is 1. The van der Waals surface area contributed by atoms with Crippen molar-refractivity contribution in [2.45, 2.75) is 50.1 Å². The molecule has 1 spiro atoms. The molecule has 1 aromatic carbocycles. The molecular weight excluding hydrogens is 431 g/mol. The summed E-state index contributed by atoms with van der Waals surface area (Å²) < 4.78 is 14.6. The van der Waals surface area contributed by atoms with Gasteiger partial charge in [-0.2, -0.15) is 0 Å². The van der Waals surface area contributed by atoms with Gasteiger partial charge in [-0.15, -0.1) is 0 Å². The minimum absolute atomic E-state index is 0.0589. The van der Waals surface area contributed by atoms with Gasteiger partial charge in [-0.3, -0.25) is 9.69 Å². The largest absolute Gasteiger partial charge is 0.394 e. The van der Waals surface area contributed by atoms with Crippen LogP contribution in [0, 0.1) is 11.7 Å². The van der Waals surface area contributed by atoms with E-state index in [1.165, 1.54) is 11.6 Å². The van der Waals surface area contributed by atoms with Crippen LogP contribution in [0.15, 0.2) is 42.6 Å². The number of hydrogen-bond acceptors (Lipinski definition) is 4.